The number of nitrogens with zero attached hydrogens (tertiary/aromatic N) is 1. The summed E-state index contributed by atoms with van der Waals surface area (Å²) in [6, 6.07) is 6.74. The maximum absolute atomic E-state index is 13.1. The lowest BCUT2D eigenvalue weighted by Gasteiger charge is -2.12. The molecular weight excluding hydrogens is 261 g/mol. The number of carbonyl (C=O) groups excluding carboxylic acids is 1. The van der Waals surface area contributed by atoms with Gasteiger partial charge in [0.05, 0.1) is 0 Å². The van der Waals surface area contributed by atoms with Crippen LogP contribution in [-0.4, -0.2) is 22.0 Å². The Bertz CT molecular complexity index is 646. The van der Waals surface area contributed by atoms with Gasteiger partial charge >= 0.3 is 0 Å². The second kappa shape index (κ2) is 5.56. The molecule has 0 bridgehead atoms. The zero-order chi connectivity index (χ0) is 14.7. The Kier molecular flexibility index (Phi) is 3.84. The first-order chi connectivity index (χ1) is 9.47. The van der Waals surface area contributed by atoms with Gasteiger partial charge in [-0.25, -0.2) is 9.37 Å². The van der Waals surface area contributed by atoms with Crippen molar-refractivity contribution in [1.82, 2.24) is 4.98 Å². The van der Waals surface area contributed by atoms with Crippen LogP contribution in [0.3, 0.4) is 0 Å². The minimum Gasteiger partial charge on any atom is -0.504 e. The van der Waals surface area contributed by atoms with Gasteiger partial charge in [0, 0.05) is 11.8 Å². The highest BCUT2D eigenvalue weighted by Crippen LogP contribution is 2.28. The third-order valence-electron chi connectivity index (χ3n) is 2.81. The van der Waals surface area contributed by atoms with Gasteiger partial charge in [0.15, 0.2) is 11.6 Å². The van der Waals surface area contributed by atoms with Crippen LogP contribution in [0.2, 0.25) is 0 Å². The fraction of sp³-hybridized carbons (Fsp3) is 0.143. The van der Waals surface area contributed by atoms with Crippen molar-refractivity contribution in [1.29, 1.82) is 0 Å². The highest BCUT2D eigenvalue weighted by Gasteiger charge is 2.12. The number of halogens is 1. The van der Waals surface area contributed by atoms with Crippen molar-refractivity contribution in [3.8, 4) is 16.9 Å². The van der Waals surface area contributed by atoms with Crippen LogP contribution in [0.1, 0.15) is 6.92 Å². The molecule has 1 unspecified atom stereocenters. The minimum absolute atomic E-state index is 0.139. The molecule has 104 valence electrons. The number of aromatic nitrogens is 1. The van der Waals surface area contributed by atoms with E-state index in [1.54, 1.807) is 19.1 Å². The summed E-state index contributed by atoms with van der Waals surface area (Å²) >= 11 is 0. The number of rotatable bonds is 4. The van der Waals surface area contributed by atoms with Crippen LogP contribution < -0.4 is 11.1 Å². The van der Waals surface area contributed by atoms with E-state index >= 15 is 0 Å². The highest BCUT2D eigenvalue weighted by molar-refractivity contribution is 5.82. The monoisotopic (exact) mass is 275 g/mol. The third kappa shape index (κ3) is 3.03. The fourth-order valence-corrected chi connectivity index (χ4v) is 1.67. The Labute approximate surface area is 115 Å². The molecule has 0 fully saturated rings. The predicted molar refractivity (Wildman–Crippen MR) is 73.6 cm³/mol. The SMILES string of the molecule is CC(Nc1ncc(-c2cccc(F)c2)cc1O)C(N)=O. The lowest BCUT2D eigenvalue weighted by molar-refractivity contribution is -0.118. The van der Waals surface area contributed by atoms with E-state index in [1.165, 1.54) is 24.4 Å². The maximum atomic E-state index is 13.1. The number of nitrogens with one attached hydrogen (secondary N) is 1. The number of carbonyl (C=O) groups is 1. The Morgan fingerprint density at radius 2 is 2.15 bits per heavy atom. The Morgan fingerprint density at radius 3 is 2.75 bits per heavy atom. The summed E-state index contributed by atoms with van der Waals surface area (Å²) in [5.74, 6) is -0.914. The largest absolute Gasteiger partial charge is 0.504 e. The number of aromatic hydroxyl groups is 1. The first-order valence-corrected chi connectivity index (χ1v) is 5.98. The predicted octanol–water partition coefficient (Wildman–Crippen LogP) is 1.88. The van der Waals surface area contributed by atoms with Crippen LogP contribution >= 0.6 is 0 Å². The van der Waals surface area contributed by atoms with E-state index in [9.17, 15) is 14.3 Å². The van der Waals surface area contributed by atoms with Crippen molar-refractivity contribution in [2.45, 2.75) is 13.0 Å². The van der Waals surface area contributed by atoms with Crippen molar-refractivity contribution < 1.29 is 14.3 Å². The second-order valence-electron chi connectivity index (χ2n) is 4.37. The molecule has 0 aliphatic heterocycles. The highest BCUT2D eigenvalue weighted by atomic mass is 19.1. The molecule has 6 heteroatoms. The number of nitrogens with two attached hydrogens (primary N) is 1. The van der Waals surface area contributed by atoms with Gasteiger partial charge in [0.25, 0.3) is 0 Å². The van der Waals surface area contributed by atoms with E-state index in [1.807, 2.05) is 0 Å². The summed E-state index contributed by atoms with van der Waals surface area (Å²) < 4.78 is 13.1. The van der Waals surface area contributed by atoms with Crippen LogP contribution in [0.15, 0.2) is 36.5 Å². The molecular formula is C14H14FN3O2. The molecule has 0 saturated carbocycles. The average molecular weight is 275 g/mol. The van der Waals surface area contributed by atoms with Crippen LogP contribution in [0.5, 0.6) is 5.75 Å². The van der Waals surface area contributed by atoms with Gasteiger partial charge in [-0.15, -0.1) is 0 Å². The van der Waals surface area contributed by atoms with E-state index in [0.29, 0.717) is 11.1 Å². The van der Waals surface area contributed by atoms with Gasteiger partial charge in [-0.1, -0.05) is 12.1 Å². The zero-order valence-corrected chi connectivity index (χ0v) is 10.8. The van der Waals surface area contributed by atoms with Gasteiger partial charge in [0.2, 0.25) is 5.91 Å². The third-order valence-corrected chi connectivity index (χ3v) is 2.81. The van der Waals surface area contributed by atoms with E-state index in [4.69, 9.17) is 5.73 Å². The number of benzene rings is 1. The average Bonchev–Trinajstić information content (AvgIpc) is 2.40. The molecule has 1 aromatic heterocycles. The van der Waals surface area contributed by atoms with E-state index in [2.05, 4.69) is 10.3 Å². The van der Waals surface area contributed by atoms with Gasteiger partial charge in [0.1, 0.15) is 11.9 Å². The number of hydrogen-bond donors (Lipinski definition) is 3. The van der Waals surface area contributed by atoms with E-state index in [-0.39, 0.29) is 17.4 Å². The summed E-state index contributed by atoms with van der Waals surface area (Å²) in [6.07, 6.45) is 1.48. The standard InChI is InChI=1S/C14H14FN3O2/c1-8(13(16)20)18-14-12(19)6-10(7-17-14)9-3-2-4-11(15)5-9/h2-8,19H,1H3,(H2,16,20)(H,17,18). The summed E-state index contributed by atoms with van der Waals surface area (Å²) in [5.41, 5.74) is 6.29. The zero-order valence-electron chi connectivity index (χ0n) is 10.8. The molecule has 4 N–H and O–H groups in total. The maximum Gasteiger partial charge on any atom is 0.239 e. The number of primary amides is 1. The van der Waals surface area contributed by atoms with Gasteiger partial charge in [-0.2, -0.15) is 0 Å². The lowest BCUT2D eigenvalue weighted by atomic mass is 10.1. The summed E-state index contributed by atoms with van der Waals surface area (Å²) in [7, 11) is 0. The Hall–Kier alpha value is -2.63. The molecule has 20 heavy (non-hydrogen) atoms. The molecule has 0 saturated heterocycles. The molecule has 2 aromatic rings. The lowest BCUT2D eigenvalue weighted by Crippen LogP contribution is -2.32. The molecule has 1 heterocycles. The summed E-state index contributed by atoms with van der Waals surface area (Å²) in [6.45, 7) is 1.56. The van der Waals surface area contributed by atoms with Crippen LogP contribution in [0.25, 0.3) is 11.1 Å². The Morgan fingerprint density at radius 1 is 1.40 bits per heavy atom. The molecule has 2 rings (SSSR count). The van der Waals surface area contributed by atoms with Crippen LogP contribution in [-0.2, 0) is 4.79 Å². The van der Waals surface area contributed by atoms with Gasteiger partial charge in [-0.05, 0) is 30.7 Å². The molecule has 1 aromatic carbocycles. The summed E-state index contributed by atoms with van der Waals surface area (Å²) in [5, 5.41) is 12.6. The summed E-state index contributed by atoms with van der Waals surface area (Å²) in [4.78, 5) is 15.0. The normalized spacial score (nSPS) is 11.9. The molecule has 1 amide bonds. The van der Waals surface area contributed by atoms with E-state index < -0.39 is 11.9 Å². The molecule has 1 atom stereocenters. The van der Waals surface area contributed by atoms with Crippen molar-refractivity contribution in [2.24, 2.45) is 5.73 Å². The topological polar surface area (TPSA) is 88.2 Å². The first-order valence-electron chi connectivity index (χ1n) is 5.98. The van der Waals surface area contributed by atoms with Crippen LogP contribution in [0, 0.1) is 5.82 Å². The number of amides is 1. The molecule has 0 aliphatic rings. The fourth-order valence-electron chi connectivity index (χ4n) is 1.67. The van der Waals surface area contributed by atoms with Crippen molar-refractivity contribution >= 4 is 11.7 Å². The van der Waals surface area contributed by atoms with Crippen molar-refractivity contribution in [2.75, 3.05) is 5.32 Å². The van der Waals surface area contributed by atoms with E-state index in [0.717, 1.165) is 0 Å². The van der Waals surface area contributed by atoms with Crippen LogP contribution in [0.4, 0.5) is 10.2 Å². The number of pyridine rings is 1. The molecule has 0 spiro atoms. The minimum atomic E-state index is -0.659. The molecule has 0 radical (unpaired) electrons. The van der Waals surface area contributed by atoms with Gasteiger partial charge < -0.3 is 16.2 Å². The van der Waals surface area contributed by atoms with Crippen molar-refractivity contribution in [3.63, 3.8) is 0 Å². The molecule has 0 aliphatic carbocycles. The Balaban J connectivity index is 2.28. The number of anilines is 1. The second-order valence-corrected chi connectivity index (χ2v) is 4.37. The van der Waals surface area contributed by atoms with Crippen molar-refractivity contribution in [3.05, 3.63) is 42.3 Å². The first kappa shape index (κ1) is 13.8. The van der Waals surface area contributed by atoms with Gasteiger partial charge in [-0.3, -0.25) is 4.79 Å². The molecule has 5 nitrogen and oxygen atoms in total. The quantitative estimate of drug-likeness (QED) is 0.795. The smallest absolute Gasteiger partial charge is 0.239 e. The number of hydrogen-bond acceptors (Lipinski definition) is 4.